The fourth-order valence-electron chi connectivity index (χ4n) is 3.55. The molecular formula is C25H22ClF3N8O2S. The van der Waals surface area contributed by atoms with Gasteiger partial charge in [0.15, 0.2) is 5.78 Å². The maximum absolute atomic E-state index is 13.1. The van der Waals surface area contributed by atoms with Gasteiger partial charge in [0.05, 0.1) is 21.8 Å². The van der Waals surface area contributed by atoms with Crippen LogP contribution in [0.4, 0.5) is 24.8 Å². The molecule has 0 aliphatic rings. The van der Waals surface area contributed by atoms with Gasteiger partial charge in [-0.2, -0.15) is 13.2 Å². The van der Waals surface area contributed by atoms with Crippen molar-refractivity contribution < 1.29 is 22.8 Å². The summed E-state index contributed by atoms with van der Waals surface area (Å²) in [6.45, 7) is 2.40. The van der Waals surface area contributed by atoms with E-state index >= 15 is 0 Å². The Morgan fingerprint density at radius 2 is 1.88 bits per heavy atom. The topological polar surface area (TPSA) is 136 Å². The normalized spacial score (nSPS) is 12.1. The number of anilines is 2. The Morgan fingerprint density at radius 3 is 2.62 bits per heavy atom. The molecule has 208 valence electrons. The summed E-state index contributed by atoms with van der Waals surface area (Å²) in [5.74, 6) is -1.04. The molecule has 1 unspecified atom stereocenters. The van der Waals surface area contributed by atoms with Crippen molar-refractivity contribution in [2.45, 2.75) is 38.3 Å². The maximum Gasteiger partial charge on any atom is 0.418 e. The van der Waals surface area contributed by atoms with Gasteiger partial charge in [0.25, 0.3) is 5.91 Å². The first-order valence-electron chi connectivity index (χ1n) is 11.9. The minimum absolute atomic E-state index is 0.0758. The highest BCUT2D eigenvalue weighted by molar-refractivity contribution is 7.13. The summed E-state index contributed by atoms with van der Waals surface area (Å²) in [4.78, 5) is 49.8. The minimum Gasteiger partial charge on any atom is -0.370 e. The first-order chi connectivity index (χ1) is 19.1. The van der Waals surface area contributed by atoms with E-state index in [2.05, 4.69) is 40.5 Å². The monoisotopic (exact) mass is 590 g/mol. The van der Waals surface area contributed by atoms with Crippen LogP contribution in [-0.4, -0.2) is 48.1 Å². The quantitative estimate of drug-likeness (QED) is 0.172. The van der Waals surface area contributed by atoms with E-state index in [0.717, 1.165) is 36.1 Å². The molecule has 0 bridgehead atoms. The first kappa shape index (κ1) is 29.0. The molecule has 1 atom stereocenters. The molecule has 40 heavy (non-hydrogen) atoms. The molecule has 4 aromatic rings. The summed E-state index contributed by atoms with van der Waals surface area (Å²) in [6.07, 6.45) is 3.57. The second kappa shape index (κ2) is 12.9. The number of halogens is 4. The van der Waals surface area contributed by atoms with Crippen molar-refractivity contribution in [2.24, 2.45) is 0 Å². The summed E-state index contributed by atoms with van der Waals surface area (Å²) < 4.78 is 39.2. The van der Waals surface area contributed by atoms with Gasteiger partial charge in [-0.25, -0.2) is 29.9 Å². The van der Waals surface area contributed by atoms with Crippen LogP contribution in [0, 0.1) is 0 Å². The predicted molar refractivity (Wildman–Crippen MR) is 143 cm³/mol. The van der Waals surface area contributed by atoms with Crippen molar-refractivity contribution in [1.29, 1.82) is 0 Å². The van der Waals surface area contributed by atoms with Crippen molar-refractivity contribution in [3.63, 3.8) is 0 Å². The smallest absolute Gasteiger partial charge is 0.370 e. The number of nitrogens with zero attached hydrogens (tertiary/aromatic N) is 6. The van der Waals surface area contributed by atoms with Gasteiger partial charge in [-0.3, -0.25) is 9.59 Å². The number of alkyl halides is 3. The van der Waals surface area contributed by atoms with Crippen molar-refractivity contribution in [3.8, 4) is 0 Å². The highest BCUT2D eigenvalue weighted by atomic mass is 35.5. The number of carbonyl (C=O) groups is 2. The Hall–Kier alpha value is -4.04. The molecule has 0 aromatic carbocycles. The molecule has 4 aromatic heterocycles. The fraction of sp³-hybridized carbons (Fsp3) is 0.280. The molecule has 2 N–H and O–H groups in total. The Kier molecular flexibility index (Phi) is 9.32. The second-order valence-electron chi connectivity index (χ2n) is 8.61. The van der Waals surface area contributed by atoms with E-state index in [4.69, 9.17) is 11.6 Å². The Labute approximate surface area is 235 Å². The zero-order chi connectivity index (χ0) is 28.7. The lowest BCUT2D eigenvalue weighted by molar-refractivity contribution is -0.137. The Bertz CT molecular complexity index is 1490. The number of hydrogen-bond acceptors (Lipinski definition) is 10. The summed E-state index contributed by atoms with van der Waals surface area (Å²) in [7, 11) is 0. The lowest BCUT2D eigenvalue weighted by Crippen LogP contribution is -2.13. The maximum atomic E-state index is 13.1. The zero-order valence-corrected chi connectivity index (χ0v) is 22.5. The number of hydrogen-bond donors (Lipinski definition) is 2. The number of aryl methyl sites for hydroxylation is 1. The number of aromatic nitrogens is 6. The molecule has 1 amide bonds. The Balaban J connectivity index is 1.31. The number of Topliss-reactive ketones (excluding diaryl/α,β-unsaturated/α-hetero) is 1. The second-order valence-corrected chi connectivity index (χ2v) is 10.1. The van der Waals surface area contributed by atoms with Crippen LogP contribution in [0.2, 0.25) is 5.02 Å². The molecule has 10 nitrogen and oxygen atoms in total. The van der Waals surface area contributed by atoms with Crippen molar-refractivity contribution >= 4 is 46.3 Å². The third-order valence-electron chi connectivity index (χ3n) is 5.57. The molecule has 0 saturated heterocycles. The van der Waals surface area contributed by atoms with Gasteiger partial charge in [0, 0.05) is 43.0 Å². The van der Waals surface area contributed by atoms with Crippen LogP contribution in [0.1, 0.15) is 62.1 Å². The average molecular weight is 591 g/mol. The van der Waals surface area contributed by atoms with Gasteiger partial charge >= 0.3 is 6.18 Å². The van der Waals surface area contributed by atoms with Gasteiger partial charge in [0.2, 0.25) is 0 Å². The molecule has 0 fully saturated rings. The van der Waals surface area contributed by atoms with Crippen molar-refractivity contribution in [2.75, 3.05) is 17.2 Å². The van der Waals surface area contributed by atoms with E-state index in [1.807, 2.05) is 6.07 Å². The van der Waals surface area contributed by atoms with E-state index in [1.165, 1.54) is 18.9 Å². The summed E-state index contributed by atoms with van der Waals surface area (Å²) in [6, 6.07) is 4.09. The zero-order valence-electron chi connectivity index (χ0n) is 20.9. The third kappa shape index (κ3) is 7.76. The largest absolute Gasteiger partial charge is 0.418 e. The molecule has 0 spiro atoms. The van der Waals surface area contributed by atoms with E-state index < -0.39 is 22.7 Å². The number of amides is 1. The van der Waals surface area contributed by atoms with Crippen molar-refractivity contribution in [1.82, 2.24) is 29.9 Å². The van der Waals surface area contributed by atoms with E-state index in [1.54, 1.807) is 19.2 Å². The first-order valence-corrected chi connectivity index (χ1v) is 13.1. The van der Waals surface area contributed by atoms with Crippen LogP contribution in [0.15, 0.2) is 49.4 Å². The van der Waals surface area contributed by atoms with Crippen LogP contribution in [0.5, 0.6) is 0 Å². The number of thiazole rings is 1. The summed E-state index contributed by atoms with van der Waals surface area (Å²) in [5.41, 5.74) is 0.0651. The molecule has 0 saturated carbocycles. The van der Waals surface area contributed by atoms with E-state index in [0.29, 0.717) is 23.4 Å². The molecule has 0 aliphatic heterocycles. The number of rotatable bonds is 11. The van der Waals surface area contributed by atoms with Crippen LogP contribution in [0.25, 0.3) is 0 Å². The van der Waals surface area contributed by atoms with Gasteiger partial charge in [0.1, 0.15) is 34.9 Å². The average Bonchev–Trinajstić information content (AvgIpc) is 3.43. The third-order valence-corrected chi connectivity index (χ3v) is 7.10. The molecule has 15 heteroatoms. The van der Waals surface area contributed by atoms with Crippen molar-refractivity contribution in [3.05, 3.63) is 81.3 Å². The van der Waals surface area contributed by atoms with Gasteiger partial charge in [-0.1, -0.05) is 18.5 Å². The summed E-state index contributed by atoms with van der Waals surface area (Å²) >= 11 is 6.60. The molecule has 0 radical (unpaired) electrons. The number of carbonyl (C=O) groups excluding carboxylic acids is 2. The van der Waals surface area contributed by atoms with E-state index in [9.17, 15) is 22.8 Å². The number of pyridine rings is 1. The summed E-state index contributed by atoms with van der Waals surface area (Å²) in [5, 5.41) is 5.42. The lowest BCUT2D eigenvalue weighted by Gasteiger charge is -2.10. The number of ketones is 1. The number of nitrogens with one attached hydrogen (secondary N) is 2. The highest BCUT2D eigenvalue weighted by Gasteiger charge is 2.34. The van der Waals surface area contributed by atoms with Crippen LogP contribution in [-0.2, 0) is 12.6 Å². The van der Waals surface area contributed by atoms with Gasteiger partial charge in [-0.15, -0.1) is 11.3 Å². The molecular weight excluding hydrogens is 569 g/mol. The lowest BCUT2D eigenvalue weighted by atomic mass is 10.0. The van der Waals surface area contributed by atoms with E-state index in [-0.39, 0.29) is 34.5 Å². The SMILES string of the molecule is CC(CC(=O)c1cc(NCCCc2ccncn2)ncn1)c1ncc(C(=O)Nc2cc(C(F)(F)F)c(Cl)cn2)s1. The molecule has 4 rings (SSSR count). The molecule has 0 aliphatic carbocycles. The minimum atomic E-state index is -4.70. The van der Waals surface area contributed by atoms with Crippen LogP contribution < -0.4 is 10.6 Å². The van der Waals surface area contributed by atoms with Gasteiger partial charge in [-0.05, 0) is 25.0 Å². The standard InChI is InChI=1S/C25H22ClF3N8O2S/c1-14(7-19(38)18-9-21(36-13-35-18)31-5-2-3-15-4-6-30-12-34-15)24-33-11-20(40-24)23(39)37-22-8-16(25(27,28)29)17(26)10-32-22/h4,6,8-14H,2-3,5,7H2,1H3,(H,31,35,36)(H,32,37,39). The highest BCUT2D eigenvalue weighted by Crippen LogP contribution is 2.35. The molecule has 4 heterocycles. The fourth-order valence-corrected chi connectivity index (χ4v) is 4.63. The van der Waals surface area contributed by atoms with Crippen LogP contribution in [0.3, 0.4) is 0 Å². The van der Waals surface area contributed by atoms with Gasteiger partial charge < -0.3 is 10.6 Å². The predicted octanol–water partition coefficient (Wildman–Crippen LogP) is 5.46. The van der Waals surface area contributed by atoms with Crippen LogP contribution >= 0.6 is 22.9 Å². The Morgan fingerprint density at radius 1 is 1.05 bits per heavy atom.